The van der Waals surface area contributed by atoms with Crippen LogP contribution in [0.3, 0.4) is 0 Å². The van der Waals surface area contributed by atoms with E-state index in [0.717, 1.165) is 11.3 Å². The van der Waals surface area contributed by atoms with E-state index in [1.807, 2.05) is 37.3 Å². The maximum Gasteiger partial charge on any atom is 0.271 e. The lowest BCUT2D eigenvalue weighted by Crippen LogP contribution is -2.19. The van der Waals surface area contributed by atoms with Crippen LogP contribution < -0.4 is 5.56 Å². The standard InChI is InChI=1S/C11H10N2O/c1-9-7-11(14)13(12-8-9)10-5-3-2-4-6-10/h2-8H,1H3. The first-order valence-electron chi connectivity index (χ1n) is 4.39. The highest BCUT2D eigenvalue weighted by Crippen LogP contribution is 2.01. The molecule has 0 unspecified atom stereocenters. The summed E-state index contributed by atoms with van der Waals surface area (Å²) in [5.74, 6) is 0. The Hall–Kier alpha value is -1.90. The van der Waals surface area contributed by atoms with Crippen LogP contribution in [0.1, 0.15) is 5.56 Å². The third-order valence-electron chi connectivity index (χ3n) is 1.94. The zero-order chi connectivity index (χ0) is 9.97. The molecule has 0 saturated carbocycles. The highest BCUT2D eigenvalue weighted by atomic mass is 16.1. The summed E-state index contributed by atoms with van der Waals surface area (Å²) in [7, 11) is 0. The summed E-state index contributed by atoms with van der Waals surface area (Å²) in [4.78, 5) is 11.5. The Balaban J connectivity index is 2.59. The third-order valence-corrected chi connectivity index (χ3v) is 1.94. The molecule has 1 aromatic heterocycles. The lowest BCUT2D eigenvalue weighted by molar-refractivity contribution is 0.800. The maximum atomic E-state index is 11.5. The zero-order valence-electron chi connectivity index (χ0n) is 7.84. The van der Waals surface area contributed by atoms with Crippen molar-refractivity contribution in [3.8, 4) is 5.69 Å². The van der Waals surface area contributed by atoms with E-state index >= 15 is 0 Å². The highest BCUT2D eigenvalue weighted by molar-refractivity contribution is 5.29. The first-order valence-corrected chi connectivity index (χ1v) is 4.39. The fourth-order valence-corrected chi connectivity index (χ4v) is 1.26. The van der Waals surface area contributed by atoms with Gasteiger partial charge >= 0.3 is 0 Å². The van der Waals surface area contributed by atoms with Crippen LogP contribution in [-0.4, -0.2) is 9.78 Å². The van der Waals surface area contributed by atoms with Gasteiger partial charge in [0, 0.05) is 6.07 Å². The van der Waals surface area contributed by atoms with Crippen LogP contribution in [-0.2, 0) is 0 Å². The van der Waals surface area contributed by atoms with Crippen LogP contribution in [0, 0.1) is 6.92 Å². The molecule has 2 aromatic rings. The second kappa shape index (κ2) is 3.46. The van der Waals surface area contributed by atoms with Gasteiger partial charge in [0.25, 0.3) is 5.56 Å². The number of para-hydroxylation sites is 1. The quantitative estimate of drug-likeness (QED) is 0.677. The highest BCUT2D eigenvalue weighted by Gasteiger charge is 1.98. The van der Waals surface area contributed by atoms with Gasteiger partial charge in [0.2, 0.25) is 0 Å². The molecule has 0 fully saturated rings. The van der Waals surface area contributed by atoms with Gasteiger partial charge in [0.05, 0.1) is 11.9 Å². The fraction of sp³-hybridized carbons (Fsp3) is 0.0909. The Morgan fingerprint density at radius 3 is 2.57 bits per heavy atom. The van der Waals surface area contributed by atoms with Crippen molar-refractivity contribution >= 4 is 0 Å². The average molecular weight is 186 g/mol. The molecular formula is C11H10N2O. The molecule has 70 valence electrons. The van der Waals surface area contributed by atoms with E-state index in [-0.39, 0.29) is 5.56 Å². The van der Waals surface area contributed by atoms with Crippen LogP contribution in [0.4, 0.5) is 0 Å². The van der Waals surface area contributed by atoms with Gasteiger partial charge in [-0.2, -0.15) is 9.78 Å². The lowest BCUT2D eigenvalue weighted by Gasteiger charge is -2.02. The van der Waals surface area contributed by atoms with Gasteiger partial charge in [0.15, 0.2) is 0 Å². The van der Waals surface area contributed by atoms with Crippen molar-refractivity contribution in [3.63, 3.8) is 0 Å². The molecule has 0 aliphatic carbocycles. The fourth-order valence-electron chi connectivity index (χ4n) is 1.26. The van der Waals surface area contributed by atoms with Gasteiger partial charge in [-0.15, -0.1) is 0 Å². The largest absolute Gasteiger partial charge is 0.271 e. The molecule has 1 aromatic carbocycles. The summed E-state index contributed by atoms with van der Waals surface area (Å²) in [5.41, 5.74) is 1.57. The second-order valence-electron chi connectivity index (χ2n) is 3.12. The molecule has 3 heteroatoms. The molecule has 0 aliphatic heterocycles. The van der Waals surface area contributed by atoms with Gasteiger partial charge in [0.1, 0.15) is 0 Å². The Kier molecular flexibility index (Phi) is 2.14. The van der Waals surface area contributed by atoms with E-state index in [1.54, 1.807) is 12.3 Å². The number of benzene rings is 1. The first kappa shape index (κ1) is 8.69. The molecule has 0 spiro atoms. The summed E-state index contributed by atoms with van der Waals surface area (Å²) in [6.45, 7) is 1.85. The minimum atomic E-state index is -0.101. The van der Waals surface area contributed by atoms with Crippen LogP contribution in [0.2, 0.25) is 0 Å². The molecule has 0 N–H and O–H groups in total. The summed E-state index contributed by atoms with van der Waals surface area (Å²) in [6, 6.07) is 10.9. The number of nitrogens with zero attached hydrogens (tertiary/aromatic N) is 2. The summed E-state index contributed by atoms with van der Waals surface area (Å²) < 4.78 is 1.38. The van der Waals surface area contributed by atoms with E-state index in [4.69, 9.17) is 0 Å². The average Bonchev–Trinajstić information content (AvgIpc) is 2.19. The molecule has 1 heterocycles. The molecule has 0 bridgehead atoms. The second-order valence-corrected chi connectivity index (χ2v) is 3.12. The molecule has 0 radical (unpaired) electrons. The van der Waals surface area contributed by atoms with E-state index in [0.29, 0.717) is 0 Å². The Morgan fingerprint density at radius 1 is 1.21 bits per heavy atom. The summed E-state index contributed by atoms with van der Waals surface area (Å²) in [5, 5.41) is 4.05. The third kappa shape index (κ3) is 1.57. The minimum Gasteiger partial charge on any atom is -0.267 e. The zero-order valence-corrected chi connectivity index (χ0v) is 7.84. The number of aromatic nitrogens is 2. The van der Waals surface area contributed by atoms with E-state index in [9.17, 15) is 4.79 Å². The number of rotatable bonds is 1. The van der Waals surface area contributed by atoms with Crippen molar-refractivity contribution in [2.24, 2.45) is 0 Å². The van der Waals surface area contributed by atoms with Crippen LogP contribution in [0.25, 0.3) is 5.69 Å². The Labute approximate surface area is 81.6 Å². The first-order chi connectivity index (χ1) is 6.77. The molecule has 3 nitrogen and oxygen atoms in total. The van der Waals surface area contributed by atoms with Crippen LogP contribution in [0.5, 0.6) is 0 Å². The van der Waals surface area contributed by atoms with Crippen molar-refractivity contribution in [3.05, 3.63) is 58.5 Å². The maximum absolute atomic E-state index is 11.5. The van der Waals surface area contributed by atoms with Gasteiger partial charge in [-0.05, 0) is 24.6 Å². The number of hydrogen-bond acceptors (Lipinski definition) is 2. The van der Waals surface area contributed by atoms with Crippen molar-refractivity contribution in [2.45, 2.75) is 6.92 Å². The molecular weight excluding hydrogens is 176 g/mol. The monoisotopic (exact) mass is 186 g/mol. The van der Waals surface area contributed by atoms with Gasteiger partial charge in [-0.25, -0.2) is 0 Å². The smallest absolute Gasteiger partial charge is 0.267 e. The van der Waals surface area contributed by atoms with Crippen molar-refractivity contribution < 1.29 is 0 Å². The van der Waals surface area contributed by atoms with Crippen LogP contribution in [0.15, 0.2) is 47.4 Å². The molecule has 2 rings (SSSR count). The lowest BCUT2D eigenvalue weighted by atomic mass is 10.3. The number of aryl methyl sites for hydroxylation is 1. The molecule has 0 saturated heterocycles. The molecule has 14 heavy (non-hydrogen) atoms. The summed E-state index contributed by atoms with van der Waals surface area (Å²) in [6.07, 6.45) is 1.67. The van der Waals surface area contributed by atoms with E-state index in [1.165, 1.54) is 4.68 Å². The van der Waals surface area contributed by atoms with Gasteiger partial charge < -0.3 is 0 Å². The minimum absolute atomic E-state index is 0.101. The van der Waals surface area contributed by atoms with Crippen molar-refractivity contribution in [1.29, 1.82) is 0 Å². The molecule has 0 aliphatic rings. The number of hydrogen-bond donors (Lipinski definition) is 0. The molecule has 0 amide bonds. The van der Waals surface area contributed by atoms with Crippen LogP contribution >= 0.6 is 0 Å². The Bertz CT molecular complexity index is 488. The predicted molar refractivity (Wildman–Crippen MR) is 54.6 cm³/mol. The normalized spacial score (nSPS) is 10.1. The summed E-state index contributed by atoms with van der Waals surface area (Å²) >= 11 is 0. The van der Waals surface area contributed by atoms with Crippen molar-refractivity contribution in [1.82, 2.24) is 9.78 Å². The van der Waals surface area contributed by atoms with E-state index in [2.05, 4.69) is 5.10 Å². The topological polar surface area (TPSA) is 34.9 Å². The van der Waals surface area contributed by atoms with Gasteiger partial charge in [-0.3, -0.25) is 4.79 Å². The van der Waals surface area contributed by atoms with Crippen molar-refractivity contribution in [2.75, 3.05) is 0 Å². The Morgan fingerprint density at radius 2 is 1.93 bits per heavy atom. The molecule has 0 atom stereocenters. The SMILES string of the molecule is Cc1cnn(-c2ccccc2)c(=O)c1. The van der Waals surface area contributed by atoms with E-state index < -0.39 is 0 Å². The predicted octanol–water partition coefficient (Wildman–Crippen LogP) is 1.54. The van der Waals surface area contributed by atoms with Gasteiger partial charge in [-0.1, -0.05) is 18.2 Å².